The molecule has 0 atom stereocenters. The van der Waals surface area contributed by atoms with Gasteiger partial charge >= 0.3 is 11.9 Å². The number of aliphatic carboxylic acids is 1. The first-order valence-corrected chi connectivity index (χ1v) is 6.14. The number of aryl methyl sites for hydroxylation is 1. The molecule has 0 aliphatic carbocycles. The van der Waals surface area contributed by atoms with Crippen molar-refractivity contribution in [1.29, 1.82) is 0 Å². The zero-order valence-corrected chi connectivity index (χ0v) is 12.0. The van der Waals surface area contributed by atoms with Crippen LogP contribution in [0.25, 0.3) is 0 Å². The number of hydrazine groups is 1. The quantitative estimate of drug-likeness (QED) is 0.537. The number of carbonyl (C=O) groups excluding carboxylic acids is 1. The highest BCUT2D eigenvalue weighted by molar-refractivity contribution is 5.93. The highest BCUT2D eigenvalue weighted by atomic mass is 16.4. The molecule has 0 radical (unpaired) electrons. The fourth-order valence-electron chi connectivity index (χ4n) is 1.82. The second-order valence-corrected chi connectivity index (χ2v) is 5.42. The van der Waals surface area contributed by atoms with Gasteiger partial charge in [-0.15, -0.1) is 0 Å². The molecule has 4 N–H and O–H groups in total. The number of amides is 1. The molecule has 1 aromatic heterocycles. The first-order valence-electron chi connectivity index (χ1n) is 6.14. The van der Waals surface area contributed by atoms with Crippen LogP contribution in [0.15, 0.2) is 6.20 Å². The number of aromatic carboxylic acids is 1. The van der Waals surface area contributed by atoms with Crippen molar-refractivity contribution in [3.63, 3.8) is 0 Å². The van der Waals surface area contributed by atoms with Gasteiger partial charge in [-0.25, -0.2) is 4.79 Å². The molecule has 116 valence electrons. The zero-order chi connectivity index (χ0) is 16.2. The molecule has 0 aromatic carbocycles. The Morgan fingerprint density at radius 3 is 2.43 bits per heavy atom. The molecule has 0 saturated heterocycles. The van der Waals surface area contributed by atoms with Crippen LogP contribution < -0.4 is 10.9 Å². The first-order chi connectivity index (χ1) is 9.62. The molecule has 0 spiro atoms. The smallest absolute Gasteiger partial charge is 0.341 e. The summed E-state index contributed by atoms with van der Waals surface area (Å²) in [6, 6.07) is 0. The normalized spacial score (nSPS) is 11.0. The van der Waals surface area contributed by atoms with E-state index in [0.29, 0.717) is 0 Å². The van der Waals surface area contributed by atoms with Crippen molar-refractivity contribution >= 4 is 23.7 Å². The van der Waals surface area contributed by atoms with Gasteiger partial charge in [-0.1, -0.05) is 13.8 Å². The molecular weight excluding hydrogens is 280 g/mol. The van der Waals surface area contributed by atoms with Gasteiger partial charge < -0.3 is 10.2 Å². The minimum absolute atomic E-state index is 0.0213. The molecule has 9 heteroatoms. The molecule has 0 unspecified atom stereocenters. The van der Waals surface area contributed by atoms with Crippen LogP contribution >= 0.6 is 0 Å². The molecule has 0 aliphatic heterocycles. The fraction of sp³-hybridized carbons (Fsp3) is 0.500. The Morgan fingerprint density at radius 1 is 1.29 bits per heavy atom. The van der Waals surface area contributed by atoms with Crippen LogP contribution in [0.2, 0.25) is 0 Å². The Kier molecular flexibility index (Phi) is 4.90. The van der Waals surface area contributed by atoms with Gasteiger partial charge in [-0.2, -0.15) is 5.10 Å². The molecule has 1 aromatic rings. The van der Waals surface area contributed by atoms with E-state index >= 15 is 0 Å². The molecule has 0 aliphatic rings. The van der Waals surface area contributed by atoms with Crippen molar-refractivity contribution in [2.24, 2.45) is 12.5 Å². The van der Waals surface area contributed by atoms with Crippen molar-refractivity contribution in [2.75, 3.05) is 5.43 Å². The molecule has 1 heterocycles. The van der Waals surface area contributed by atoms with E-state index in [1.165, 1.54) is 11.7 Å². The summed E-state index contributed by atoms with van der Waals surface area (Å²) >= 11 is 0. The molecule has 0 bridgehead atoms. The minimum Gasteiger partial charge on any atom is -0.481 e. The molecule has 0 fully saturated rings. The number of rotatable bonds is 7. The van der Waals surface area contributed by atoms with Crippen molar-refractivity contribution in [2.45, 2.75) is 26.7 Å². The molecule has 0 saturated carbocycles. The van der Waals surface area contributed by atoms with E-state index in [1.54, 1.807) is 13.8 Å². The molecular formula is C12H18N4O5. The van der Waals surface area contributed by atoms with Gasteiger partial charge in [0.15, 0.2) is 5.82 Å². The van der Waals surface area contributed by atoms with Gasteiger partial charge in [0, 0.05) is 13.5 Å². The average Bonchev–Trinajstić information content (AvgIpc) is 2.65. The van der Waals surface area contributed by atoms with E-state index < -0.39 is 23.3 Å². The van der Waals surface area contributed by atoms with Gasteiger partial charge in [-0.3, -0.25) is 25.1 Å². The second kappa shape index (κ2) is 6.25. The summed E-state index contributed by atoms with van der Waals surface area (Å²) in [6.45, 7) is 3.32. The summed E-state index contributed by atoms with van der Waals surface area (Å²) in [4.78, 5) is 33.4. The predicted octanol–water partition coefficient (Wildman–Crippen LogP) is 0.452. The van der Waals surface area contributed by atoms with Crippen LogP contribution in [0, 0.1) is 5.41 Å². The van der Waals surface area contributed by atoms with Crippen molar-refractivity contribution in [3.05, 3.63) is 11.8 Å². The lowest BCUT2D eigenvalue weighted by atomic mass is 9.85. The topological polar surface area (TPSA) is 134 Å². The molecule has 1 amide bonds. The van der Waals surface area contributed by atoms with E-state index in [-0.39, 0.29) is 24.2 Å². The van der Waals surface area contributed by atoms with E-state index in [9.17, 15) is 14.4 Å². The van der Waals surface area contributed by atoms with Crippen LogP contribution in [-0.4, -0.2) is 37.8 Å². The van der Waals surface area contributed by atoms with E-state index in [0.717, 1.165) is 6.20 Å². The first kappa shape index (κ1) is 16.5. The number of anilines is 1. The Bertz CT molecular complexity index is 564. The Hall–Kier alpha value is -2.58. The summed E-state index contributed by atoms with van der Waals surface area (Å²) in [7, 11) is 1.52. The number of aromatic nitrogens is 2. The zero-order valence-electron chi connectivity index (χ0n) is 12.0. The number of carboxylic acids is 2. The summed E-state index contributed by atoms with van der Waals surface area (Å²) in [5.74, 6) is -2.47. The van der Waals surface area contributed by atoms with E-state index in [2.05, 4.69) is 16.0 Å². The number of carboxylic acid groups (broad SMARTS) is 2. The largest absolute Gasteiger partial charge is 0.481 e. The number of nitrogens with one attached hydrogen (secondary N) is 2. The maximum Gasteiger partial charge on any atom is 0.341 e. The Morgan fingerprint density at radius 2 is 1.90 bits per heavy atom. The third-order valence-electron chi connectivity index (χ3n) is 2.76. The Balaban J connectivity index is 2.64. The SMILES string of the molecule is Cn1ncc(C(=O)O)c1NNC(=O)CC(C)(C)CC(=O)O. The van der Waals surface area contributed by atoms with Gasteiger partial charge in [0.1, 0.15) is 5.56 Å². The highest BCUT2D eigenvalue weighted by Crippen LogP contribution is 2.24. The maximum absolute atomic E-state index is 11.8. The third-order valence-corrected chi connectivity index (χ3v) is 2.76. The van der Waals surface area contributed by atoms with E-state index in [4.69, 9.17) is 10.2 Å². The Labute approximate surface area is 120 Å². The van der Waals surface area contributed by atoms with Crippen LogP contribution in [-0.2, 0) is 16.6 Å². The molecule has 1 rings (SSSR count). The number of hydrogen-bond donors (Lipinski definition) is 4. The van der Waals surface area contributed by atoms with Crippen molar-refractivity contribution in [1.82, 2.24) is 15.2 Å². The molecule has 21 heavy (non-hydrogen) atoms. The highest BCUT2D eigenvalue weighted by Gasteiger charge is 2.25. The van der Waals surface area contributed by atoms with Crippen molar-refractivity contribution < 1.29 is 24.6 Å². The lowest BCUT2D eigenvalue weighted by molar-refractivity contribution is -0.139. The summed E-state index contributed by atoms with van der Waals surface area (Å²) in [5, 5.41) is 21.5. The summed E-state index contributed by atoms with van der Waals surface area (Å²) in [6.07, 6.45) is 0.990. The lowest BCUT2D eigenvalue weighted by Gasteiger charge is -2.21. The van der Waals surface area contributed by atoms with Gasteiger partial charge in [0.25, 0.3) is 0 Å². The number of hydrogen-bond acceptors (Lipinski definition) is 5. The van der Waals surface area contributed by atoms with Gasteiger partial charge in [-0.05, 0) is 5.41 Å². The summed E-state index contributed by atoms with van der Waals surface area (Å²) < 4.78 is 1.27. The minimum atomic E-state index is -1.17. The predicted molar refractivity (Wildman–Crippen MR) is 72.6 cm³/mol. The average molecular weight is 298 g/mol. The monoisotopic (exact) mass is 298 g/mol. The van der Waals surface area contributed by atoms with Crippen LogP contribution in [0.4, 0.5) is 5.82 Å². The van der Waals surface area contributed by atoms with Crippen LogP contribution in [0.3, 0.4) is 0 Å². The van der Waals surface area contributed by atoms with Gasteiger partial charge in [0.05, 0.1) is 12.6 Å². The third kappa shape index (κ3) is 4.79. The fourth-order valence-corrected chi connectivity index (χ4v) is 1.82. The number of nitrogens with zero attached hydrogens (tertiary/aromatic N) is 2. The van der Waals surface area contributed by atoms with Crippen molar-refractivity contribution in [3.8, 4) is 0 Å². The van der Waals surface area contributed by atoms with Crippen LogP contribution in [0.1, 0.15) is 37.0 Å². The standard InChI is InChI=1S/C12H18N4O5/c1-12(2,5-9(18)19)4-8(17)14-15-10-7(11(20)21)6-13-16(10)3/h6,15H,4-5H2,1-3H3,(H,14,17)(H,18,19)(H,20,21). The second-order valence-electron chi connectivity index (χ2n) is 5.42. The summed E-state index contributed by atoms with van der Waals surface area (Å²) in [5.41, 5.74) is 4.05. The van der Waals surface area contributed by atoms with E-state index in [1.807, 2.05) is 0 Å². The molecule has 9 nitrogen and oxygen atoms in total. The lowest BCUT2D eigenvalue weighted by Crippen LogP contribution is -2.35. The number of carbonyl (C=O) groups is 3. The van der Waals surface area contributed by atoms with Gasteiger partial charge in [0.2, 0.25) is 5.91 Å². The maximum atomic E-state index is 11.8. The van der Waals surface area contributed by atoms with Crippen LogP contribution in [0.5, 0.6) is 0 Å².